The van der Waals surface area contributed by atoms with Crippen LogP contribution in [0.3, 0.4) is 0 Å². The zero-order valence-corrected chi connectivity index (χ0v) is 17.0. The summed E-state index contributed by atoms with van der Waals surface area (Å²) >= 11 is 0. The molecule has 0 saturated heterocycles. The number of benzene rings is 1. The Morgan fingerprint density at radius 2 is 0.923 bits per heavy atom. The first-order valence-electron chi connectivity index (χ1n) is 10.6. The summed E-state index contributed by atoms with van der Waals surface area (Å²) in [6.45, 7) is 5.84. The fraction of sp³-hybridized carbons (Fsp3) is 0.727. The van der Waals surface area contributed by atoms with Crippen LogP contribution in [0.15, 0.2) is 12.1 Å². The van der Waals surface area contributed by atoms with Crippen LogP contribution in [-0.4, -0.2) is 13.2 Å². The lowest BCUT2D eigenvalue weighted by molar-refractivity contribution is 0.299. The van der Waals surface area contributed by atoms with E-state index >= 15 is 0 Å². The maximum atomic E-state index is 6.10. The van der Waals surface area contributed by atoms with E-state index in [4.69, 9.17) is 20.9 Å². The Morgan fingerprint density at radius 3 is 1.31 bits per heavy atom. The average molecular weight is 365 g/mol. The molecule has 0 unspecified atom stereocenters. The third-order valence-corrected chi connectivity index (χ3v) is 4.65. The first-order chi connectivity index (χ1) is 12.7. The van der Waals surface area contributed by atoms with E-state index in [9.17, 15) is 0 Å². The quantitative estimate of drug-likeness (QED) is 0.265. The maximum absolute atomic E-state index is 6.10. The zero-order valence-electron chi connectivity index (χ0n) is 17.0. The van der Waals surface area contributed by atoms with Crippen molar-refractivity contribution >= 4 is 11.4 Å². The van der Waals surface area contributed by atoms with Gasteiger partial charge in [-0.1, -0.05) is 78.1 Å². The van der Waals surface area contributed by atoms with E-state index in [2.05, 4.69) is 13.8 Å². The van der Waals surface area contributed by atoms with Gasteiger partial charge in [-0.2, -0.15) is 0 Å². The molecule has 1 rings (SSSR count). The van der Waals surface area contributed by atoms with Crippen molar-refractivity contribution in [3.63, 3.8) is 0 Å². The van der Waals surface area contributed by atoms with E-state index in [1.807, 2.05) is 0 Å². The van der Waals surface area contributed by atoms with Crippen LogP contribution in [0.25, 0.3) is 0 Å². The van der Waals surface area contributed by atoms with Crippen LogP contribution in [0.2, 0.25) is 0 Å². The summed E-state index contributed by atoms with van der Waals surface area (Å²) < 4.78 is 11.6. The molecule has 4 heteroatoms. The van der Waals surface area contributed by atoms with Crippen LogP contribution in [0, 0.1) is 0 Å². The van der Waals surface area contributed by atoms with Crippen molar-refractivity contribution in [2.75, 3.05) is 24.7 Å². The van der Waals surface area contributed by atoms with Crippen LogP contribution < -0.4 is 20.9 Å². The highest BCUT2D eigenvalue weighted by atomic mass is 16.5. The third kappa shape index (κ3) is 9.79. The molecule has 0 saturated carbocycles. The van der Waals surface area contributed by atoms with Gasteiger partial charge in [0.2, 0.25) is 0 Å². The molecule has 150 valence electrons. The molecule has 0 amide bonds. The van der Waals surface area contributed by atoms with Crippen LogP contribution in [0.5, 0.6) is 11.5 Å². The van der Waals surface area contributed by atoms with Gasteiger partial charge in [-0.15, -0.1) is 0 Å². The van der Waals surface area contributed by atoms with Crippen LogP contribution >= 0.6 is 0 Å². The van der Waals surface area contributed by atoms with Gasteiger partial charge in [-0.3, -0.25) is 0 Å². The number of rotatable bonds is 16. The minimum atomic E-state index is 0.600. The molecule has 0 spiro atoms. The summed E-state index contributed by atoms with van der Waals surface area (Å²) in [5.74, 6) is 1.34. The lowest BCUT2D eigenvalue weighted by atomic mass is 10.1. The second-order valence-electron chi connectivity index (χ2n) is 7.16. The summed E-state index contributed by atoms with van der Waals surface area (Å²) in [5, 5.41) is 0. The molecule has 0 aromatic heterocycles. The molecule has 0 aliphatic rings. The average Bonchev–Trinajstić information content (AvgIpc) is 2.63. The molecule has 1 aromatic rings. The van der Waals surface area contributed by atoms with Gasteiger partial charge in [0.15, 0.2) is 0 Å². The second kappa shape index (κ2) is 14.6. The molecule has 0 fully saturated rings. The van der Waals surface area contributed by atoms with E-state index < -0.39 is 0 Å². The fourth-order valence-electron chi connectivity index (χ4n) is 2.97. The molecular formula is C22H40N2O2. The van der Waals surface area contributed by atoms with Crippen molar-refractivity contribution in [3.05, 3.63) is 12.1 Å². The van der Waals surface area contributed by atoms with E-state index in [0.29, 0.717) is 36.1 Å². The number of anilines is 2. The van der Waals surface area contributed by atoms with Gasteiger partial charge in [-0.05, 0) is 12.8 Å². The van der Waals surface area contributed by atoms with Crippen LogP contribution in [-0.2, 0) is 0 Å². The number of nitrogen functional groups attached to an aromatic ring is 2. The summed E-state index contributed by atoms with van der Waals surface area (Å²) in [7, 11) is 0. The maximum Gasteiger partial charge on any atom is 0.144 e. The summed E-state index contributed by atoms with van der Waals surface area (Å²) in [4.78, 5) is 0. The summed E-state index contributed by atoms with van der Waals surface area (Å²) in [6.07, 6.45) is 14.9. The molecule has 26 heavy (non-hydrogen) atoms. The SMILES string of the molecule is CCCCCCCCOc1cc(N)c(OCCCCCCCC)cc1N. The lowest BCUT2D eigenvalue weighted by Gasteiger charge is -2.14. The number of hydrogen-bond acceptors (Lipinski definition) is 4. The van der Waals surface area contributed by atoms with Gasteiger partial charge in [0.1, 0.15) is 11.5 Å². The number of hydrogen-bond donors (Lipinski definition) is 2. The van der Waals surface area contributed by atoms with E-state index in [1.165, 1.54) is 64.2 Å². The van der Waals surface area contributed by atoms with E-state index in [-0.39, 0.29) is 0 Å². The first kappa shape index (κ1) is 22.5. The number of nitrogens with two attached hydrogens (primary N) is 2. The van der Waals surface area contributed by atoms with Gasteiger partial charge >= 0.3 is 0 Å². The lowest BCUT2D eigenvalue weighted by Crippen LogP contribution is -2.05. The molecule has 0 aliphatic carbocycles. The van der Waals surface area contributed by atoms with Crippen molar-refractivity contribution in [1.82, 2.24) is 0 Å². The molecule has 0 bridgehead atoms. The molecule has 0 atom stereocenters. The Balaban J connectivity index is 2.26. The van der Waals surface area contributed by atoms with Gasteiger partial charge in [0, 0.05) is 12.1 Å². The molecule has 1 aromatic carbocycles. The molecular weight excluding hydrogens is 324 g/mol. The highest BCUT2D eigenvalue weighted by Crippen LogP contribution is 2.33. The van der Waals surface area contributed by atoms with E-state index in [1.54, 1.807) is 12.1 Å². The van der Waals surface area contributed by atoms with E-state index in [0.717, 1.165) is 12.8 Å². The second-order valence-corrected chi connectivity index (χ2v) is 7.16. The van der Waals surface area contributed by atoms with Crippen LogP contribution in [0.4, 0.5) is 11.4 Å². The Hall–Kier alpha value is -1.58. The van der Waals surface area contributed by atoms with Crippen molar-refractivity contribution in [1.29, 1.82) is 0 Å². The molecule has 0 radical (unpaired) electrons. The van der Waals surface area contributed by atoms with Crippen LogP contribution in [0.1, 0.15) is 90.9 Å². The van der Waals surface area contributed by atoms with Crippen molar-refractivity contribution in [2.45, 2.75) is 90.9 Å². The normalized spacial score (nSPS) is 10.8. The summed E-state index contributed by atoms with van der Waals surface area (Å²) in [5.41, 5.74) is 13.4. The zero-order chi connectivity index (χ0) is 19.0. The molecule has 4 nitrogen and oxygen atoms in total. The topological polar surface area (TPSA) is 70.5 Å². The predicted molar refractivity (Wildman–Crippen MR) is 113 cm³/mol. The minimum Gasteiger partial charge on any atom is -0.491 e. The highest BCUT2D eigenvalue weighted by Gasteiger charge is 2.08. The number of ether oxygens (including phenoxy) is 2. The highest BCUT2D eigenvalue weighted by molar-refractivity contribution is 5.67. The minimum absolute atomic E-state index is 0.600. The Labute approximate surface area is 160 Å². The van der Waals surface area contributed by atoms with Gasteiger partial charge in [0.25, 0.3) is 0 Å². The molecule has 4 N–H and O–H groups in total. The Morgan fingerprint density at radius 1 is 0.577 bits per heavy atom. The van der Waals surface area contributed by atoms with Gasteiger partial charge < -0.3 is 20.9 Å². The Bertz CT molecular complexity index is 434. The number of unbranched alkanes of at least 4 members (excludes halogenated alkanes) is 10. The van der Waals surface area contributed by atoms with Crippen molar-refractivity contribution in [2.24, 2.45) is 0 Å². The standard InChI is InChI=1S/C22H40N2O2/c1-3-5-7-9-11-13-15-25-21-17-20(24)22(18-19(21)23)26-16-14-12-10-8-6-4-2/h17-18H,3-16,23-24H2,1-2H3. The van der Waals surface area contributed by atoms with Gasteiger partial charge in [0.05, 0.1) is 24.6 Å². The molecule has 0 heterocycles. The first-order valence-corrected chi connectivity index (χ1v) is 10.6. The fourth-order valence-corrected chi connectivity index (χ4v) is 2.97. The third-order valence-electron chi connectivity index (χ3n) is 4.65. The largest absolute Gasteiger partial charge is 0.491 e. The van der Waals surface area contributed by atoms with Gasteiger partial charge in [-0.25, -0.2) is 0 Å². The van der Waals surface area contributed by atoms with Crippen molar-refractivity contribution in [3.8, 4) is 11.5 Å². The molecule has 0 aliphatic heterocycles. The summed E-state index contributed by atoms with van der Waals surface area (Å²) in [6, 6.07) is 3.59. The Kier molecular flexibility index (Phi) is 12.6. The monoisotopic (exact) mass is 364 g/mol. The predicted octanol–water partition coefficient (Wildman–Crippen LogP) is 6.33. The smallest absolute Gasteiger partial charge is 0.144 e. The van der Waals surface area contributed by atoms with Crippen molar-refractivity contribution < 1.29 is 9.47 Å².